The number of benzene rings is 3. The lowest BCUT2D eigenvalue weighted by Gasteiger charge is -2.20. The van der Waals surface area contributed by atoms with E-state index in [2.05, 4.69) is 32.3 Å². The molecule has 1 aromatic heterocycles. The fraction of sp³-hybridized carbons (Fsp3) is 0.185. The SMILES string of the molecule is N#Cc1ccc2cc1Oc1ccc3cc(Br)cc(c3c1)N1CCC(NC(=O)Cc3cncn3C2)C1=O. The Kier molecular flexibility index (Phi) is 5.46. The number of anilines is 1. The Morgan fingerprint density at radius 1 is 1.14 bits per heavy atom. The van der Waals surface area contributed by atoms with Crippen LogP contribution in [0.2, 0.25) is 0 Å². The molecule has 3 aromatic carbocycles. The number of nitrogens with zero attached hydrogens (tertiary/aromatic N) is 4. The number of imidazole rings is 1. The molecule has 178 valence electrons. The molecule has 6 rings (SSSR count). The fourth-order valence-corrected chi connectivity index (χ4v) is 5.30. The Labute approximate surface area is 215 Å². The number of aromatic nitrogens is 2. The summed E-state index contributed by atoms with van der Waals surface area (Å²) in [4.78, 5) is 32.2. The Morgan fingerprint density at radius 2 is 2.03 bits per heavy atom. The van der Waals surface area contributed by atoms with Crippen LogP contribution in [-0.4, -0.2) is 34.0 Å². The Morgan fingerprint density at radius 3 is 2.89 bits per heavy atom. The number of rotatable bonds is 0. The summed E-state index contributed by atoms with van der Waals surface area (Å²) in [6.45, 7) is 0.940. The van der Waals surface area contributed by atoms with Crippen molar-refractivity contribution in [1.82, 2.24) is 14.9 Å². The number of ether oxygens (including phenoxy) is 1. The van der Waals surface area contributed by atoms with Crippen LogP contribution < -0.4 is 15.0 Å². The number of nitriles is 1. The molecule has 2 aliphatic rings. The zero-order chi connectivity index (χ0) is 24.8. The summed E-state index contributed by atoms with van der Waals surface area (Å²) in [5.41, 5.74) is 2.78. The average molecular weight is 542 g/mol. The maximum atomic E-state index is 13.4. The van der Waals surface area contributed by atoms with Crippen LogP contribution in [0.15, 0.2) is 65.5 Å². The minimum Gasteiger partial charge on any atom is -0.456 e. The number of amides is 2. The van der Waals surface area contributed by atoms with Crippen molar-refractivity contribution in [1.29, 1.82) is 5.26 Å². The van der Waals surface area contributed by atoms with Gasteiger partial charge in [0.15, 0.2) is 0 Å². The minimum atomic E-state index is -0.591. The maximum Gasteiger partial charge on any atom is 0.249 e. The van der Waals surface area contributed by atoms with Crippen LogP contribution in [0.4, 0.5) is 5.69 Å². The fourth-order valence-electron chi connectivity index (χ4n) is 4.83. The lowest BCUT2D eigenvalue weighted by Crippen LogP contribution is -2.42. The van der Waals surface area contributed by atoms with E-state index in [0.717, 1.165) is 32.2 Å². The van der Waals surface area contributed by atoms with Gasteiger partial charge in [-0.05, 0) is 53.8 Å². The maximum absolute atomic E-state index is 13.4. The van der Waals surface area contributed by atoms with Gasteiger partial charge in [-0.25, -0.2) is 4.98 Å². The number of carbonyl (C=O) groups is 2. The molecule has 1 fully saturated rings. The molecule has 36 heavy (non-hydrogen) atoms. The average Bonchev–Trinajstić information content (AvgIpc) is 3.44. The first-order valence-corrected chi connectivity index (χ1v) is 12.3. The van der Waals surface area contributed by atoms with Crippen LogP contribution >= 0.6 is 15.9 Å². The molecule has 0 radical (unpaired) electrons. The first kappa shape index (κ1) is 22.3. The third-order valence-corrected chi connectivity index (χ3v) is 7.05. The van der Waals surface area contributed by atoms with E-state index in [-0.39, 0.29) is 18.2 Å². The molecule has 9 heteroatoms. The predicted octanol–water partition coefficient (Wildman–Crippen LogP) is 4.29. The monoisotopic (exact) mass is 541 g/mol. The summed E-state index contributed by atoms with van der Waals surface area (Å²) in [6, 6.07) is 16.6. The molecule has 1 atom stereocenters. The molecule has 0 spiro atoms. The van der Waals surface area contributed by atoms with Crippen molar-refractivity contribution in [3.63, 3.8) is 0 Å². The third-order valence-electron chi connectivity index (χ3n) is 6.59. The number of halogens is 1. The first-order chi connectivity index (χ1) is 17.5. The standard InChI is InChI=1S/C27H20BrN5O3/c28-19-8-17-3-4-21-11-22(17)24(9-19)33-6-5-23(27(33)35)31-26(34)10-20-13-30-15-32(20)14-16-1-2-18(12-29)25(7-16)36-21/h1-4,7-9,11,13,15,23H,5-6,10,14H2,(H,31,34). The highest BCUT2D eigenvalue weighted by Crippen LogP contribution is 2.37. The van der Waals surface area contributed by atoms with Gasteiger partial charge in [-0.15, -0.1) is 0 Å². The Bertz CT molecular complexity index is 1590. The summed E-state index contributed by atoms with van der Waals surface area (Å²) in [5.74, 6) is 0.620. The highest BCUT2D eigenvalue weighted by Gasteiger charge is 2.34. The van der Waals surface area contributed by atoms with Crippen LogP contribution in [0.1, 0.15) is 23.2 Å². The van der Waals surface area contributed by atoms with Gasteiger partial charge in [-0.3, -0.25) is 9.59 Å². The zero-order valence-corrected chi connectivity index (χ0v) is 20.7. The lowest BCUT2D eigenvalue weighted by atomic mass is 10.1. The molecule has 0 aliphatic carbocycles. The molecular formula is C27H20BrN5O3. The highest BCUT2D eigenvalue weighted by atomic mass is 79.9. The molecule has 1 N–H and O–H groups in total. The van der Waals surface area contributed by atoms with E-state index >= 15 is 0 Å². The second-order valence-electron chi connectivity index (χ2n) is 8.94. The van der Waals surface area contributed by atoms with Crippen molar-refractivity contribution < 1.29 is 14.3 Å². The molecule has 2 amide bonds. The Hall–Kier alpha value is -4.16. The van der Waals surface area contributed by atoms with Crippen molar-refractivity contribution in [3.05, 3.63) is 82.3 Å². The van der Waals surface area contributed by atoms with Crippen molar-refractivity contribution in [2.45, 2.75) is 25.4 Å². The van der Waals surface area contributed by atoms with Gasteiger partial charge in [0.2, 0.25) is 11.8 Å². The molecule has 6 bridgehead atoms. The smallest absolute Gasteiger partial charge is 0.249 e. The van der Waals surface area contributed by atoms with Gasteiger partial charge in [-0.2, -0.15) is 5.26 Å². The molecule has 0 saturated carbocycles. The number of hydrogen-bond donors (Lipinski definition) is 1. The third kappa shape index (κ3) is 3.99. The number of carbonyl (C=O) groups excluding carboxylic acids is 2. The summed E-state index contributed by atoms with van der Waals surface area (Å²) in [7, 11) is 0. The number of nitrogens with one attached hydrogen (secondary N) is 1. The van der Waals surface area contributed by atoms with Gasteiger partial charge < -0.3 is 19.5 Å². The van der Waals surface area contributed by atoms with E-state index < -0.39 is 6.04 Å². The largest absolute Gasteiger partial charge is 0.456 e. The number of fused-ring (bicyclic) bond motifs is 7. The minimum absolute atomic E-state index is 0.103. The van der Waals surface area contributed by atoms with Gasteiger partial charge in [0.25, 0.3) is 0 Å². The summed E-state index contributed by atoms with van der Waals surface area (Å²) in [6.07, 6.45) is 3.94. The van der Waals surface area contributed by atoms with Gasteiger partial charge in [0.05, 0.1) is 24.0 Å². The zero-order valence-electron chi connectivity index (χ0n) is 19.1. The van der Waals surface area contributed by atoms with E-state index in [1.807, 2.05) is 47.0 Å². The van der Waals surface area contributed by atoms with Gasteiger partial charge >= 0.3 is 0 Å². The summed E-state index contributed by atoms with van der Waals surface area (Å²) >= 11 is 3.56. The molecule has 1 unspecified atom stereocenters. The van der Waals surface area contributed by atoms with Gasteiger partial charge in [0, 0.05) is 34.8 Å². The van der Waals surface area contributed by atoms with E-state index in [1.54, 1.807) is 23.5 Å². The molecule has 8 nitrogen and oxygen atoms in total. The van der Waals surface area contributed by atoms with Crippen LogP contribution in [0, 0.1) is 11.3 Å². The van der Waals surface area contributed by atoms with E-state index in [4.69, 9.17) is 4.74 Å². The van der Waals surface area contributed by atoms with E-state index in [9.17, 15) is 14.9 Å². The van der Waals surface area contributed by atoms with Crippen molar-refractivity contribution in [3.8, 4) is 17.6 Å². The lowest BCUT2D eigenvalue weighted by molar-refractivity contribution is -0.126. The number of hydrogen-bond acceptors (Lipinski definition) is 5. The molecule has 2 aliphatic heterocycles. The molecule has 4 aromatic rings. The molecular weight excluding hydrogens is 522 g/mol. The van der Waals surface area contributed by atoms with Gasteiger partial charge in [-0.1, -0.05) is 28.1 Å². The molecule has 3 heterocycles. The van der Waals surface area contributed by atoms with Crippen molar-refractivity contribution in [2.75, 3.05) is 11.4 Å². The second-order valence-corrected chi connectivity index (χ2v) is 9.86. The van der Waals surface area contributed by atoms with E-state index in [1.165, 1.54) is 0 Å². The van der Waals surface area contributed by atoms with Crippen LogP contribution in [0.5, 0.6) is 11.5 Å². The summed E-state index contributed by atoms with van der Waals surface area (Å²) in [5, 5.41) is 14.4. The first-order valence-electron chi connectivity index (χ1n) is 11.5. The quantitative estimate of drug-likeness (QED) is 0.358. The topological polar surface area (TPSA) is 100 Å². The second kappa shape index (κ2) is 8.81. The van der Waals surface area contributed by atoms with Crippen LogP contribution in [-0.2, 0) is 22.6 Å². The normalized spacial score (nSPS) is 17.3. The highest BCUT2D eigenvalue weighted by molar-refractivity contribution is 9.10. The van der Waals surface area contributed by atoms with Crippen molar-refractivity contribution >= 4 is 44.2 Å². The van der Waals surface area contributed by atoms with Crippen molar-refractivity contribution in [2.24, 2.45) is 0 Å². The van der Waals surface area contributed by atoms with Crippen LogP contribution in [0.3, 0.4) is 0 Å². The Balaban J connectivity index is 1.51. The predicted molar refractivity (Wildman–Crippen MR) is 137 cm³/mol. The summed E-state index contributed by atoms with van der Waals surface area (Å²) < 4.78 is 8.95. The molecule has 1 saturated heterocycles. The van der Waals surface area contributed by atoms with E-state index in [0.29, 0.717) is 36.6 Å². The van der Waals surface area contributed by atoms with Crippen LogP contribution in [0.25, 0.3) is 10.8 Å². The van der Waals surface area contributed by atoms with Gasteiger partial charge in [0.1, 0.15) is 23.6 Å².